The number of fused-ring (bicyclic) bond motifs is 4. The van der Waals surface area contributed by atoms with Crippen LogP contribution in [0.3, 0.4) is 0 Å². The van der Waals surface area contributed by atoms with Crippen molar-refractivity contribution in [3.05, 3.63) is 29.8 Å². The number of para-hydroxylation sites is 1. The van der Waals surface area contributed by atoms with Gasteiger partial charge in [0.2, 0.25) is 0 Å². The van der Waals surface area contributed by atoms with Gasteiger partial charge in [0, 0.05) is 11.3 Å². The van der Waals surface area contributed by atoms with Crippen LogP contribution in [0.15, 0.2) is 29.4 Å². The van der Waals surface area contributed by atoms with Gasteiger partial charge in [0.25, 0.3) is 5.91 Å². The molecule has 1 amide bonds. The molecular weight excluding hydrogens is 296 g/mol. The molecule has 6 heteroatoms. The number of anilines is 1. The minimum Gasteiger partial charge on any atom is -0.361 e. The lowest BCUT2D eigenvalue weighted by Crippen LogP contribution is -2.60. The lowest BCUT2D eigenvalue weighted by molar-refractivity contribution is -0.129. The van der Waals surface area contributed by atoms with Gasteiger partial charge in [0.05, 0.1) is 0 Å². The number of nitrogens with zero attached hydrogens (tertiary/aromatic N) is 2. The maximum absolute atomic E-state index is 12.7. The summed E-state index contributed by atoms with van der Waals surface area (Å²) in [6, 6.07) is 7.77. The molecule has 3 aliphatic rings. The Morgan fingerprint density at radius 1 is 1.36 bits per heavy atom. The monoisotopic (exact) mass is 316 g/mol. The first-order valence-corrected chi connectivity index (χ1v) is 8.91. The Morgan fingerprint density at radius 3 is 2.91 bits per heavy atom. The lowest BCUT2D eigenvalue weighted by atomic mass is 9.93. The van der Waals surface area contributed by atoms with E-state index < -0.39 is 0 Å². The van der Waals surface area contributed by atoms with Gasteiger partial charge in [-0.25, -0.2) is 0 Å². The summed E-state index contributed by atoms with van der Waals surface area (Å²) in [4.78, 5) is 12.7. The van der Waals surface area contributed by atoms with E-state index in [9.17, 15) is 4.79 Å². The molecule has 0 aromatic heterocycles. The number of amidine groups is 1. The minimum absolute atomic E-state index is 0.0335. The molecule has 116 valence electrons. The number of amides is 1. The molecule has 4 rings (SSSR count). The normalized spacial score (nSPS) is 25.1. The first-order valence-electron chi connectivity index (χ1n) is 7.92. The third-order valence-corrected chi connectivity index (χ3v) is 5.44. The first-order chi connectivity index (χ1) is 10.7. The Morgan fingerprint density at radius 2 is 2.14 bits per heavy atom. The molecular formula is C16H20N4OS. The molecule has 1 fully saturated rings. The maximum atomic E-state index is 12.7. The summed E-state index contributed by atoms with van der Waals surface area (Å²) in [5.41, 5.74) is 1.88. The number of carbonyl (C=O) groups excluding carboxylic acids is 1. The second-order valence-electron chi connectivity index (χ2n) is 6.03. The van der Waals surface area contributed by atoms with Gasteiger partial charge < -0.3 is 10.6 Å². The quantitative estimate of drug-likeness (QED) is 0.836. The van der Waals surface area contributed by atoms with Gasteiger partial charge in [0.15, 0.2) is 11.2 Å². The van der Waals surface area contributed by atoms with Crippen molar-refractivity contribution in [2.75, 3.05) is 11.1 Å². The number of carbonyl (C=O) groups is 1. The van der Waals surface area contributed by atoms with Crippen molar-refractivity contribution in [3.8, 4) is 0 Å². The Labute approximate surface area is 134 Å². The predicted molar refractivity (Wildman–Crippen MR) is 89.6 cm³/mol. The van der Waals surface area contributed by atoms with E-state index >= 15 is 0 Å². The molecule has 2 N–H and O–H groups in total. The molecule has 1 spiro atoms. The van der Waals surface area contributed by atoms with Crippen LogP contribution in [0.4, 0.5) is 5.69 Å². The second-order valence-corrected chi connectivity index (χ2v) is 7.28. The molecule has 22 heavy (non-hydrogen) atoms. The van der Waals surface area contributed by atoms with Gasteiger partial charge in [-0.1, -0.05) is 36.9 Å². The van der Waals surface area contributed by atoms with Gasteiger partial charge in [-0.3, -0.25) is 9.80 Å². The first kappa shape index (κ1) is 13.9. The van der Waals surface area contributed by atoms with Crippen LogP contribution in [-0.4, -0.2) is 27.5 Å². The van der Waals surface area contributed by atoms with Crippen LogP contribution < -0.4 is 10.6 Å². The summed E-state index contributed by atoms with van der Waals surface area (Å²) >= 11 is 1.58. The second kappa shape index (κ2) is 5.19. The molecule has 1 unspecified atom stereocenters. The largest absolute Gasteiger partial charge is 0.361 e. The van der Waals surface area contributed by atoms with Crippen molar-refractivity contribution < 1.29 is 4.79 Å². The van der Waals surface area contributed by atoms with Crippen LogP contribution >= 0.6 is 11.8 Å². The Kier molecular flexibility index (Phi) is 3.29. The molecule has 1 aliphatic carbocycles. The predicted octanol–water partition coefficient (Wildman–Crippen LogP) is 2.88. The number of hydrogen-bond acceptors (Lipinski definition) is 5. The Hall–Kier alpha value is -1.69. The van der Waals surface area contributed by atoms with Gasteiger partial charge >= 0.3 is 0 Å². The van der Waals surface area contributed by atoms with Crippen molar-refractivity contribution in [2.24, 2.45) is 5.10 Å². The molecule has 1 saturated carbocycles. The van der Waals surface area contributed by atoms with Crippen molar-refractivity contribution in [1.82, 2.24) is 10.3 Å². The zero-order chi connectivity index (χ0) is 15.2. The number of thioether (sulfide) groups is 1. The van der Waals surface area contributed by atoms with Crippen LogP contribution in [0, 0.1) is 0 Å². The van der Waals surface area contributed by atoms with E-state index in [0.29, 0.717) is 0 Å². The standard InChI is InChI=1S/C16H20N4OS/c1-2-22-15-17-14(21)13-11-7-3-4-8-12(11)18-16(20(13)19-15)9-5-6-10-16/h3-4,7-8,13,18H,2,5-6,9-10H2,1H3,(H,17,19,21). The van der Waals surface area contributed by atoms with Crippen molar-refractivity contribution >= 4 is 28.5 Å². The SMILES string of the molecule is CCSC1=NN2C(C(=O)N1)c1ccccc1NC21CCCC1. The van der Waals surface area contributed by atoms with E-state index in [1.54, 1.807) is 11.8 Å². The third kappa shape index (κ3) is 2.00. The molecule has 2 aliphatic heterocycles. The van der Waals surface area contributed by atoms with Crippen LogP contribution in [0.25, 0.3) is 0 Å². The van der Waals surface area contributed by atoms with Gasteiger partial charge in [-0.15, -0.1) is 5.10 Å². The molecule has 0 saturated heterocycles. The summed E-state index contributed by atoms with van der Waals surface area (Å²) < 4.78 is 0. The van der Waals surface area contributed by atoms with Crippen molar-refractivity contribution in [2.45, 2.75) is 44.3 Å². The summed E-state index contributed by atoms with van der Waals surface area (Å²) in [6.07, 6.45) is 4.40. The molecule has 1 aromatic carbocycles. The Balaban J connectivity index is 1.84. The topological polar surface area (TPSA) is 56.7 Å². The fourth-order valence-electron chi connectivity index (χ4n) is 3.75. The van der Waals surface area contributed by atoms with Gasteiger partial charge in [-0.05, 0) is 37.5 Å². The average Bonchev–Trinajstić information content (AvgIpc) is 2.97. The highest BCUT2D eigenvalue weighted by Gasteiger charge is 2.51. The zero-order valence-electron chi connectivity index (χ0n) is 12.6. The van der Waals surface area contributed by atoms with E-state index in [4.69, 9.17) is 5.10 Å². The summed E-state index contributed by atoms with van der Waals surface area (Å²) in [5, 5.41) is 14.2. The maximum Gasteiger partial charge on any atom is 0.255 e. The third-order valence-electron chi connectivity index (χ3n) is 4.69. The summed E-state index contributed by atoms with van der Waals surface area (Å²) in [7, 11) is 0. The highest BCUT2D eigenvalue weighted by atomic mass is 32.2. The van der Waals surface area contributed by atoms with E-state index in [0.717, 1.165) is 35.0 Å². The van der Waals surface area contributed by atoms with Crippen LogP contribution in [0.2, 0.25) is 0 Å². The van der Waals surface area contributed by atoms with E-state index in [1.165, 1.54) is 12.8 Å². The highest BCUT2D eigenvalue weighted by Crippen LogP contribution is 2.47. The minimum atomic E-state index is -0.322. The smallest absolute Gasteiger partial charge is 0.255 e. The fourth-order valence-corrected chi connectivity index (χ4v) is 4.35. The van der Waals surface area contributed by atoms with Crippen molar-refractivity contribution in [3.63, 3.8) is 0 Å². The lowest BCUT2D eigenvalue weighted by Gasteiger charge is -2.50. The molecule has 2 heterocycles. The van der Waals surface area contributed by atoms with Crippen LogP contribution in [-0.2, 0) is 4.79 Å². The average molecular weight is 316 g/mol. The molecule has 1 atom stereocenters. The van der Waals surface area contributed by atoms with Crippen molar-refractivity contribution in [1.29, 1.82) is 0 Å². The number of rotatable bonds is 1. The molecule has 0 radical (unpaired) electrons. The molecule has 1 aromatic rings. The fraction of sp³-hybridized carbons (Fsp3) is 0.500. The number of benzene rings is 1. The zero-order valence-corrected chi connectivity index (χ0v) is 13.4. The number of hydrazone groups is 1. The van der Waals surface area contributed by atoms with Crippen LogP contribution in [0.5, 0.6) is 0 Å². The molecule has 0 bridgehead atoms. The van der Waals surface area contributed by atoms with E-state index in [2.05, 4.69) is 23.6 Å². The summed E-state index contributed by atoms with van der Waals surface area (Å²) in [5.74, 6) is 0.931. The number of hydrogen-bond donors (Lipinski definition) is 2. The van der Waals surface area contributed by atoms with Gasteiger partial charge in [0.1, 0.15) is 5.66 Å². The Bertz CT molecular complexity index is 639. The van der Waals surface area contributed by atoms with Crippen LogP contribution in [0.1, 0.15) is 44.2 Å². The summed E-state index contributed by atoms with van der Waals surface area (Å²) in [6.45, 7) is 2.07. The highest BCUT2D eigenvalue weighted by molar-refractivity contribution is 8.13. The van der Waals surface area contributed by atoms with Gasteiger partial charge in [-0.2, -0.15) is 0 Å². The van der Waals surface area contributed by atoms with E-state index in [1.807, 2.05) is 23.2 Å². The number of nitrogens with one attached hydrogen (secondary N) is 2. The van der Waals surface area contributed by atoms with E-state index in [-0.39, 0.29) is 17.6 Å². The molecule has 5 nitrogen and oxygen atoms in total.